The molecule has 2 aromatic heterocycles. The number of aromatic nitrogens is 4. The zero-order valence-electron chi connectivity index (χ0n) is 10.3. The van der Waals surface area contributed by atoms with Gasteiger partial charge >= 0.3 is 0 Å². The van der Waals surface area contributed by atoms with Crippen molar-refractivity contribution in [1.29, 1.82) is 0 Å². The number of hydrogen-bond donors (Lipinski definition) is 2. The number of H-pyrrole nitrogens is 1. The number of nitrogens with two attached hydrogens (primary N) is 1. The van der Waals surface area contributed by atoms with Gasteiger partial charge in [0.2, 0.25) is 0 Å². The molecule has 0 saturated heterocycles. The summed E-state index contributed by atoms with van der Waals surface area (Å²) in [6.45, 7) is 0. The minimum absolute atomic E-state index is 0.399. The highest BCUT2D eigenvalue weighted by Crippen LogP contribution is 2.44. The first-order valence-electron chi connectivity index (χ1n) is 6.54. The second-order valence-corrected chi connectivity index (χ2v) is 6.30. The fraction of sp³-hybridized carbons (Fsp3) is 0.583. The molecule has 2 aliphatic rings. The first-order chi connectivity index (χ1) is 9.17. The van der Waals surface area contributed by atoms with Crippen LogP contribution in [0.4, 0.5) is 0 Å². The van der Waals surface area contributed by atoms with Gasteiger partial charge in [-0.3, -0.25) is 5.10 Å². The maximum absolute atomic E-state index is 6.19. The summed E-state index contributed by atoms with van der Waals surface area (Å²) >= 11 is 3.57. The van der Waals surface area contributed by atoms with Crippen LogP contribution >= 0.6 is 15.9 Å². The average Bonchev–Trinajstić information content (AvgIpc) is 2.95. The maximum atomic E-state index is 6.19. The molecular formula is C12H14BrN5O. The van der Waals surface area contributed by atoms with Gasteiger partial charge in [0.25, 0.3) is 5.89 Å². The Kier molecular flexibility index (Phi) is 2.38. The van der Waals surface area contributed by atoms with Crippen LogP contribution in [0.15, 0.2) is 9.00 Å². The predicted octanol–water partition coefficient (Wildman–Crippen LogP) is 2.44. The lowest BCUT2D eigenvalue weighted by atomic mass is 9.77. The summed E-state index contributed by atoms with van der Waals surface area (Å²) in [5, 5.41) is 11.3. The Morgan fingerprint density at radius 3 is 2.79 bits per heavy atom. The monoisotopic (exact) mass is 323 g/mol. The molecule has 3 N–H and O–H groups in total. The van der Waals surface area contributed by atoms with Crippen molar-refractivity contribution < 1.29 is 4.52 Å². The van der Waals surface area contributed by atoms with E-state index < -0.39 is 5.54 Å². The first kappa shape index (κ1) is 11.6. The molecule has 6 nitrogen and oxygen atoms in total. The number of halogens is 1. The van der Waals surface area contributed by atoms with Crippen LogP contribution in [-0.4, -0.2) is 20.3 Å². The van der Waals surface area contributed by atoms with Crippen molar-refractivity contribution in [2.45, 2.75) is 43.6 Å². The van der Waals surface area contributed by atoms with E-state index >= 15 is 0 Å². The molecule has 0 bridgehead atoms. The van der Waals surface area contributed by atoms with E-state index in [0.29, 0.717) is 23.3 Å². The van der Waals surface area contributed by atoms with E-state index in [1.54, 1.807) is 0 Å². The molecule has 2 fully saturated rings. The summed E-state index contributed by atoms with van der Waals surface area (Å²) < 4.78 is 6.25. The Hall–Kier alpha value is -1.21. The Balaban J connectivity index is 1.69. The van der Waals surface area contributed by atoms with Crippen LogP contribution in [0.25, 0.3) is 11.6 Å². The quantitative estimate of drug-likeness (QED) is 0.904. The van der Waals surface area contributed by atoms with Gasteiger partial charge in [0.1, 0.15) is 0 Å². The molecule has 7 heteroatoms. The molecule has 2 aromatic rings. The molecule has 19 heavy (non-hydrogen) atoms. The second-order valence-electron chi connectivity index (χ2n) is 5.51. The summed E-state index contributed by atoms with van der Waals surface area (Å²) in [5.74, 6) is 1.61. The average molecular weight is 324 g/mol. The number of hydrogen-bond acceptors (Lipinski definition) is 5. The molecule has 2 aliphatic carbocycles. The van der Waals surface area contributed by atoms with Crippen LogP contribution in [0.3, 0.4) is 0 Å². The summed E-state index contributed by atoms with van der Waals surface area (Å²) in [6.07, 6.45) is 5.38. The van der Waals surface area contributed by atoms with E-state index in [9.17, 15) is 0 Å². The molecule has 0 aliphatic heterocycles. The normalized spacial score (nSPS) is 21.4. The Morgan fingerprint density at radius 1 is 1.37 bits per heavy atom. The lowest BCUT2D eigenvalue weighted by molar-refractivity contribution is 0.229. The summed E-state index contributed by atoms with van der Waals surface area (Å²) in [4.78, 5) is 4.41. The summed E-state index contributed by atoms with van der Waals surface area (Å²) in [7, 11) is 0. The molecular weight excluding hydrogens is 310 g/mol. The van der Waals surface area contributed by atoms with Crippen LogP contribution < -0.4 is 5.73 Å². The minimum Gasteiger partial charge on any atom is -0.332 e. The third-order valence-electron chi connectivity index (χ3n) is 4.04. The summed E-state index contributed by atoms with van der Waals surface area (Å²) in [5.41, 5.74) is 7.60. The van der Waals surface area contributed by atoms with Crippen LogP contribution in [-0.2, 0) is 5.54 Å². The molecule has 0 amide bonds. The van der Waals surface area contributed by atoms with Crippen LogP contribution in [0, 0.1) is 0 Å². The largest absolute Gasteiger partial charge is 0.332 e. The molecule has 2 saturated carbocycles. The predicted molar refractivity (Wildman–Crippen MR) is 71.3 cm³/mol. The minimum atomic E-state index is -0.399. The zero-order valence-corrected chi connectivity index (χ0v) is 11.9. The molecule has 0 spiro atoms. The fourth-order valence-electron chi connectivity index (χ4n) is 2.43. The Morgan fingerprint density at radius 2 is 2.16 bits per heavy atom. The van der Waals surface area contributed by atoms with Gasteiger partial charge in [-0.15, -0.1) is 0 Å². The smallest absolute Gasteiger partial charge is 0.279 e. The molecule has 4 rings (SSSR count). The van der Waals surface area contributed by atoms with E-state index in [4.69, 9.17) is 10.3 Å². The second kappa shape index (κ2) is 3.89. The van der Waals surface area contributed by atoms with Gasteiger partial charge in [-0.25, -0.2) is 0 Å². The van der Waals surface area contributed by atoms with E-state index in [2.05, 4.69) is 36.3 Å². The molecule has 0 atom stereocenters. The van der Waals surface area contributed by atoms with Gasteiger partial charge in [0, 0.05) is 5.92 Å². The van der Waals surface area contributed by atoms with Crippen molar-refractivity contribution >= 4 is 15.9 Å². The molecule has 0 unspecified atom stereocenters. The van der Waals surface area contributed by atoms with Gasteiger partial charge < -0.3 is 10.3 Å². The van der Waals surface area contributed by atoms with E-state index in [-0.39, 0.29) is 0 Å². The van der Waals surface area contributed by atoms with Crippen LogP contribution in [0.2, 0.25) is 0 Å². The lowest BCUT2D eigenvalue weighted by Gasteiger charge is -2.34. The lowest BCUT2D eigenvalue weighted by Crippen LogP contribution is -2.44. The SMILES string of the molecule is NC1(c2noc(-c3n[nH]c(C4CC4)c3Br)n2)CCC1. The van der Waals surface area contributed by atoms with Gasteiger partial charge in [-0.1, -0.05) is 5.16 Å². The number of aromatic amines is 1. The summed E-state index contributed by atoms with van der Waals surface area (Å²) in [6, 6.07) is 0. The van der Waals surface area contributed by atoms with Gasteiger partial charge in [0.05, 0.1) is 15.7 Å². The van der Waals surface area contributed by atoms with Crippen molar-refractivity contribution in [3.63, 3.8) is 0 Å². The number of nitrogens with zero attached hydrogens (tertiary/aromatic N) is 3. The standard InChI is InChI=1S/C12H14BrN5O/c13-7-8(6-2-3-6)16-17-9(7)10-15-11(18-19-10)12(14)4-1-5-12/h6H,1-5,14H2,(H,16,17). The zero-order chi connectivity index (χ0) is 13.0. The van der Waals surface area contributed by atoms with Crippen LogP contribution in [0.1, 0.15) is 49.5 Å². The number of rotatable bonds is 3. The Bertz CT molecular complexity index is 626. The van der Waals surface area contributed by atoms with Crippen molar-refractivity contribution in [2.75, 3.05) is 0 Å². The number of nitrogens with one attached hydrogen (secondary N) is 1. The topological polar surface area (TPSA) is 93.6 Å². The van der Waals surface area contributed by atoms with Crippen molar-refractivity contribution in [3.8, 4) is 11.6 Å². The Labute approximate surface area is 118 Å². The van der Waals surface area contributed by atoms with Crippen LogP contribution in [0.5, 0.6) is 0 Å². The van der Waals surface area contributed by atoms with E-state index in [0.717, 1.165) is 29.4 Å². The first-order valence-corrected chi connectivity index (χ1v) is 7.34. The van der Waals surface area contributed by atoms with Crippen molar-refractivity contribution in [2.24, 2.45) is 5.73 Å². The molecule has 100 valence electrons. The van der Waals surface area contributed by atoms with Gasteiger partial charge in [0.15, 0.2) is 11.5 Å². The third-order valence-corrected chi connectivity index (χ3v) is 4.84. The fourth-order valence-corrected chi connectivity index (χ4v) is 3.10. The third kappa shape index (κ3) is 1.75. The van der Waals surface area contributed by atoms with Crippen molar-refractivity contribution in [1.82, 2.24) is 20.3 Å². The van der Waals surface area contributed by atoms with E-state index in [1.165, 1.54) is 12.8 Å². The molecule has 2 heterocycles. The molecule has 0 radical (unpaired) electrons. The highest BCUT2D eigenvalue weighted by Gasteiger charge is 2.39. The highest BCUT2D eigenvalue weighted by molar-refractivity contribution is 9.10. The van der Waals surface area contributed by atoms with Crippen molar-refractivity contribution in [3.05, 3.63) is 16.0 Å². The molecule has 0 aromatic carbocycles. The highest BCUT2D eigenvalue weighted by atomic mass is 79.9. The van der Waals surface area contributed by atoms with Gasteiger partial charge in [-0.05, 0) is 48.0 Å². The van der Waals surface area contributed by atoms with E-state index in [1.807, 2.05) is 0 Å². The maximum Gasteiger partial charge on any atom is 0.279 e. The van der Waals surface area contributed by atoms with Gasteiger partial charge in [-0.2, -0.15) is 10.1 Å².